The normalized spacial score (nSPS) is 23.3. The molecule has 0 spiro atoms. The van der Waals surface area contributed by atoms with Crippen LogP contribution in [0.5, 0.6) is 11.5 Å². The second-order valence-electron chi connectivity index (χ2n) is 20.4. The maximum absolute atomic E-state index is 14.0. The van der Waals surface area contributed by atoms with E-state index in [4.69, 9.17) is 24.3 Å². The first-order valence-electron chi connectivity index (χ1n) is 25.0. The first-order chi connectivity index (χ1) is 34.7. The Bertz CT molecular complexity index is 3370. The molecule has 5 atom stereocenters. The van der Waals surface area contributed by atoms with E-state index in [1.807, 2.05) is 0 Å². The molecule has 7 N–H and O–H groups in total. The van der Waals surface area contributed by atoms with Crippen LogP contribution in [0.3, 0.4) is 0 Å². The minimum Gasteiger partial charge on any atom is -0.478 e. The number of allylic oxidation sites excluding steroid dienone is 2. The van der Waals surface area contributed by atoms with Crippen LogP contribution in [0.1, 0.15) is 130 Å². The number of imidazole rings is 1. The molecule has 1 amide bonds. The number of fused-ring (bicyclic) bond motifs is 6. The molecular formula is C53H63N9O10P+. The van der Waals surface area contributed by atoms with Gasteiger partial charge in [-0.05, 0) is 108 Å². The fraction of sp³-hybridized carbons (Fsp3) is 0.434. The number of nitrogen functional groups attached to an aromatic ring is 1. The van der Waals surface area contributed by atoms with Crippen LogP contribution in [0.2, 0.25) is 0 Å². The van der Waals surface area contributed by atoms with Gasteiger partial charge in [0.2, 0.25) is 11.3 Å². The molecule has 5 aromatic rings. The summed E-state index contributed by atoms with van der Waals surface area (Å²) >= 11 is 0. The Kier molecular flexibility index (Phi) is 12.9. The highest BCUT2D eigenvalue weighted by Gasteiger charge is 2.53. The lowest BCUT2D eigenvalue weighted by Crippen LogP contribution is -2.49. The van der Waals surface area contributed by atoms with E-state index in [1.165, 1.54) is 12.4 Å². The van der Waals surface area contributed by atoms with Crippen LogP contribution in [0, 0.1) is 0 Å². The van der Waals surface area contributed by atoms with Gasteiger partial charge in [-0.25, -0.2) is 28.9 Å². The second-order valence-corrected chi connectivity index (χ2v) is 21.9. The average Bonchev–Trinajstić information content (AvgIpc) is 3.86. The fourth-order valence-electron chi connectivity index (χ4n) is 11.5. The smallest absolute Gasteiger partial charge is 0.472 e. The zero-order valence-electron chi connectivity index (χ0n) is 42.4. The highest BCUT2D eigenvalue weighted by Crippen LogP contribution is 2.53. The van der Waals surface area contributed by atoms with Gasteiger partial charge in [0.1, 0.15) is 42.7 Å². The van der Waals surface area contributed by atoms with E-state index in [9.17, 15) is 29.3 Å². The number of aliphatic hydroxyl groups excluding tert-OH is 1. The number of hydrogen-bond acceptors (Lipinski definition) is 14. The van der Waals surface area contributed by atoms with Crippen LogP contribution >= 0.6 is 7.82 Å². The standard InChI is InChI=1S/C53H62N9O10P/c1-9-60-37-22-39-35(20-32(37)28(3)24-52(60,5)6)42(36-21-33-29(4)25-53(7,8)61(10-2)38(33)23-40(36)70-39)34-19-30(15-16-31(34)50(65)66)48(64)55-17-13-11-12-14-18-56-51-59-43-46(54)57-27-58-47(43)62(51)49-44(63)45-41(71-49)26-69-73(67,68)72-45/h15-16,19-25,27,41,44-45,49,63H,9-14,17-18,26H2,1-8H3,(H5-,54,55,56,57,58,59,64,65,66,67,68)/p+1/t41-,44-,45-,49-/m1/s1. The Hall–Kier alpha value is -6.47. The molecule has 3 aromatic carbocycles. The van der Waals surface area contributed by atoms with Gasteiger partial charge < -0.3 is 45.8 Å². The Morgan fingerprint density at radius 3 is 2.42 bits per heavy atom. The van der Waals surface area contributed by atoms with E-state index in [1.54, 1.807) is 16.7 Å². The number of phosphoric ester groups is 1. The number of carbonyl (C=O) groups excluding carboxylic acids is 1. The van der Waals surface area contributed by atoms with E-state index in [-0.39, 0.29) is 35.0 Å². The molecule has 2 aromatic heterocycles. The molecule has 0 aliphatic carbocycles. The summed E-state index contributed by atoms with van der Waals surface area (Å²) in [6, 6.07) is 13.2. The molecule has 5 aliphatic heterocycles. The number of hydrogen-bond donors (Lipinski definition) is 6. The quantitative estimate of drug-likeness (QED) is 0.0394. The monoisotopic (exact) mass is 1020 g/mol. The third-order valence-electron chi connectivity index (χ3n) is 14.7. The minimum atomic E-state index is -4.35. The molecular weight excluding hydrogens is 954 g/mol. The minimum absolute atomic E-state index is 0.0697. The van der Waals surface area contributed by atoms with Crippen molar-refractivity contribution in [3.63, 3.8) is 0 Å². The number of nitrogens with two attached hydrogens (primary N) is 1. The van der Waals surface area contributed by atoms with Gasteiger partial charge in [0, 0.05) is 78.3 Å². The van der Waals surface area contributed by atoms with Gasteiger partial charge >= 0.3 is 13.8 Å². The molecule has 73 heavy (non-hydrogen) atoms. The van der Waals surface area contributed by atoms with Crippen molar-refractivity contribution in [1.29, 1.82) is 0 Å². The molecule has 1 unspecified atom stereocenters. The Morgan fingerprint density at radius 2 is 1.68 bits per heavy atom. The first-order valence-corrected chi connectivity index (χ1v) is 26.5. The number of nitrogens with one attached hydrogen (secondary N) is 2. The van der Waals surface area contributed by atoms with Crippen molar-refractivity contribution in [2.24, 2.45) is 0 Å². The van der Waals surface area contributed by atoms with E-state index in [0.29, 0.717) is 71.2 Å². The Morgan fingerprint density at radius 1 is 0.932 bits per heavy atom. The molecule has 384 valence electrons. The van der Waals surface area contributed by atoms with Crippen LogP contribution in [0.15, 0.2) is 60.9 Å². The molecule has 10 rings (SSSR count). The largest absolute Gasteiger partial charge is 0.478 e. The Balaban J connectivity index is 0.884. The zero-order valence-corrected chi connectivity index (χ0v) is 43.2. The lowest BCUT2D eigenvalue weighted by atomic mass is 9.83. The summed E-state index contributed by atoms with van der Waals surface area (Å²) in [5.74, 6) is 0.229. The van der Waals surface area contributed by atoms with Gasteiger partial charge in [0.05, 0.1) is 23.8 Å². The summed E-state index contributed by atoms with van der Waals surface area (Å²) in [6.45, 7) is 19.4. The number of ether oxygens (including phenoxy) is 2. The number of phosphoric acid groups is 1. The van der Waals surface area contributed by atoms with Gasteiger partial charge in [-0.1, -0.05) is 18.9 Å². The van der Waals surface area contributed by atoms with Gasteiger partial charge in [0.15, 0.2) is 28.7 Å². The number of anilines is 3. The summed E-state index contributed by atoms with van der Waals surface area (Å²) in [5, 5.41) is 30.2. The number of aromatic carboxylic acids is 1. The van der Waals surface area contributed by atoms with Gasteiger partial charge in [0.25, 0.3) is 5.91 Å². The number of carboxylic acids is 1. The highest BCUT2D eigenvalue weighted by molar-refractivity contribution is 7.47. The molecule has 0 saturated carbocycles. The molecule has 0 bridgehead atoms. The number of nitrogens with zero attached hydrogens (tertiary/aromatic N) is 6. The second kappa shape index (κ2) is 18.8. The van der Waals surface area contributed by atoms with Crippen molar-refractivity contribution < 1.29 is 47.8 Å². The van der Waals surface area contributed by atoms with Crippen molar-refractivity contribution in [3.05, 3.63) is 105 Å². The average molecular weight is 1020 g/mol. The summed E-state index contributed by atoms with van der Waals surface area (Å²) in [4.78, 5) is 52.5. The van der Waals surface area contributed by atoms with Crippen molar-refractivity contribution in [1.82, 2.24) is 29.4 Å². The fourth-order valence-corrected chi connectivity index (χ4v) is 12.5. The van der Waals surface area contributed by atoms with Crippen LogP contribution in [0.25, 0.3) is 27.9 Å². The van der Waals surface area contributed by atoms with Gasteiger partial charge in [-0.2, -0.15) is 0 Å². The van der Waals surface area contributed by atoms with E-state index >= 15 is 0 Å². The van der Waals surface area contributed by atoms with Crippen molar-refractivity contribution in [3.8, 4) is 11.5 Å². The van der Waals surface area contributed by atoms with E-state index < -0.39 is 38.3 Å². The molecule has 2 fully saturated rings. The predicted molar refractivity (Wildman–Crippen MR) is 277 cm³/mol. The van der Waals surface area contributed by atoms with Crippen LogP contribution in [0.4, 0.5) is 17.5 Å². The third-order valence-corrected chi connectivity index (χ3v) is 15.7. The number of aliphatic hydroxyl groups is 1. The third kappa shape index (κ3) is 8.89. The summed E-state index contributed by atoms with van der Waals surface area (Å²) < 4.78 is 39.1. The van der Waals surface area contributed by atoms with Crippen LogP contribution in [-0.2, 0) is 18.3 Å². The molecule has 20 heteroatoms. The summed E-state index contributed by atoms with van der Waals surface area (Å²) in [7, 11) is -4.35. The Labute approximate surface area is 422 Å². The van der Waals surface area contributed by atoms with Crippen molar-refractivity contribution in [2.45, 2.75) is 117 Å². The number of amides is 1. The maximum Gasteiger partial charge on any atom is 0.472 e. The number of likely N-dealkylation sites (N-methyl/N-ethyl adjacent to an activating group) is 2. The molecule has 19 nitrogen and oxygen atoms in total. The van der Waals surface area contributed by atoms with Crippen LogP contribution < -0.4 is 41.2 Å². The van der Waals surface area contributed by atoms with Crippen LogP contribution in [-0.4, -0.2) is 109 Å². The molecule has 5 aliphatic rings. The zero-order chi connectivity index (χ0) is 51.9. The SMILES string of the molecule is CCN1c2cc3c(cc2C(C)=CC1(C)C)C(c1cc(C(=O)NCCCCCCNc2nc4c(N)ncnc4n2[C@@H]2O[C@@H]4COP(=O)(O)O[C@H]4[C@H]2O)ccc1C(=O)O)=c1cc2c(cc1O3)=[N+](CC)C(C)(C)C=C2C. The lowest BCUT2D eigenvalue weighted by Gasteiger charge is -2.43. The summed E-state index contributed by atoms with van der Waals surface area (Å²) in [5.41, 5.74) is 13.8. The maximum atomic E-state index is 14.0. The molecule has 2 saturated heterocycles. The number of carboxylic acid groups (broad SMARTS) is 1. The number of benzene rings is 3. The van der Waals surface area contributed by atoms with Crippen molar-refractivity contribution >= 4 is 65.0 Å². The number of aromatic nitrogens is 4. The van der Waals surface area contributed by atoms with Gasteiger partial charge in [-0.3, -0.25) is 18.4 Å². The number of rotatable bonds is 14. The number of carbonyl (C=O) groups is 2. The van der Waals surface area contributed by atoms with E-state index in [2.05, 4.69) is 127 Å². The van der Waals surface area contributed by atoms with E-state index in [0.717, 1.165) is 70.0 Å². The van der Waals surface area contributed by atoms with Crippen molar-refractivity contribution in [2.75, 3.05) is 48.7 Å². The topological polar surface area (TPSA) is 249 Å². The lowest BCUT2D eigenvalue weighted by molar-refractivity contribution is -0.0659. The molecule has 7 heterocycles. The highest BCUT2D eigenvalue weighted by atomic mass is 31.2. The first kappa shape index (κ1) is 50.1. The number of unbranched alkanes of at least 4 members (excludes halogenated alkanes) is 3. The summed E-state index contributed by atoms with van der Waals surface area (Å²) in [6.07, 6.45) is 4.42. The van der Waals surface area contributed by atoms with Gasteiger partial charge in [-0.15, -0.1) is 0 Å². The molecule has 0 radical (unpaired) electrons. The predicted octanol–water partition coefficient (Wildman–Crippen LogP) is 6.36.